The highest BCUT2D eigenvalue weighted by Gasteiger charge is 2.36. The fraction of sp³-hybridized carbons (Fsp3) is 0.500. The quantitative estimate of drug-likeness (QED) is 0.777. The predicted molar refractivity (Wildman–Crippen MR) is 65.1 cm³/mol. The fourth-order valence-corrected chi connectivity index (χ4v) is 2.11. The zero-order valence-corrected chi connectivity index (χ0v) is 10.6. The Morgan fingerprint density at radius 1 is 1.38 bits per heavy atom. The van der Waals surface area contributed by atoms with Crippen molar-refractivity contribution >= 4 is 23.2 Å². The van der Waals surface area contributed by atoms with Gasteiger partial charge in [0.05, 0.1) is 18.6 Å². The maximum absolute atomic E-state index is 5.83. The van der Waals surface area contributed by atoms with Crippen molar-refractivity contribution in [1.82, 2.24) is 0 Å². The molecule has 4 heteroatoms. The van der Waals surface area contributed by atoms with E-state index in [9.17, 15) is 0 Å². The molecule has 1 heterocycles. The lowest BCUT2D eigenvalue weighted by Crippen LogP contribution is -2.29. The van der Waals surface area contributed by atoms with Crippen LogP contribution < -0.4 is 0 Å². The highest BCUT2D eigenvalue weighted by atomic mass is 35.5. The molecule has 1 aliphatic heterocycles. The molecule has 2 atom stereocenters. The molecule has 2 unspecified atom stereocenters. The Balaban J connectivity index is 2.01. The molecular formula is C12H14Cl2O2. The van der Waals surface area contributed by atoms with Gasteiger partial charge in [0.25, 0.3) is 0 Å². The Bertz CT molecular complexity index is 353. The molecule has 2 rings (SSSR count). The largest absolute Gasteiger partial charge is 0.347 e. The van der Waals surface area contributed by atoms with Crippen molar-refractivity contribution in [2.45, 2.75) is 25.2 Å². The van der Waals surface area contributed by atoms with Crippen molar-refractivity contribution in [1.29, 1.82) is 0 Å². The number of benzene rings is 1. The molecule has 1 aromatic carbocycles. The summed E-state index contributed by atoms with van der Waals surface area (Å²) in [6.07, 6.45) is 0.705. The van der Waals surface area contributed by atoms with Crippen LogP contribution in [0.4, 0.5) is 0 Å². The van der Waals surface area contributed by atoms with Crippen molar-refractivity contribution in [3.8, 4) is 0 Å². The zero-order valence-electron chi connectivity index (χ0n) is 9.08. The van der Waals surface area contributed by atoms with Gasteiger partial charge in [-0.25, -0.2) is 0 Å². The van der Waals surface area contributed by atoms with E-state index in [1.807, 2.05) is 31.2 Å². The standard InChI is InChI=1S/C12H14Cl2O2/c1-12(15-8-11(7-13)16-12)6-9-2-4-10(14)5-3-9/h2-5,11H,6-8H2,1H3. The topological polar surface area (TPSA) is 18.5 Å². The Labute approximate surface area is 105 Å². The van der Waals surface area contributed by atoms with Crippen LogP contribution in [-0.2, 0) is 15.9 Å². The second-order valence-electron chi connectivity index (χ2n) is 4.14. The summed E-state index contributed by atoms with van der Waals surface area (Å²) < 4.78 is 11.4. The summed E-state index contributed by atoms with van der Waals surface area (Å²) in [6.45, 7) is 2.50. The van der Waals surface area contributed by atoms with E-state index < -0.39 is 5.79 Å². The molecule has 0 spiro atoms. The second kappa shape index (κ2) is 4.92. The third kappa shape index (κ3) is 2.89. The third-order valence-corrected chi connectivity index (χ3v) is 3.20. The fourth-order valence-electron chi connectivity index (χ4n) is 1.83. The normalized spacial score (nSPS) is 29.6. The van der Waals surface area contributed by atoms with E-state index >= 15 is 0 Å². The van der Waals surface area contributed by atoms with E-state index in [-0.39, 0.29) is 6.10 Å². The number of ether oxygens (including phenoxy) is 2. The molecular weight excluding hydrogens is 247 g/mol. The van der Waals surface area contributed by atoms with Crippen LogP contribution in [0.3, 0.4) is 0 Å². The van der Waals surface area contributed by atoms with Gasteiger partial charge in [0.15, 0.2) is 5.79 Å². The molecule has 1 saturated heterocycles. The van der Waals surface area contributed by atoms with Gasteiger partial charge in [-0.1, -0.05) is 23.7 Å². The van der Waals surface area contributed by atoms with Gasteiger partial charge in [0, 0.05) is 11.4 Å². The summed E-state index contributed by atoms with van der Waals surface area (Å²) in [5, 5.41) is 0.737. The molecule has 1 aliphatic rings. The molecule has 1 fully saturated rings. The van der Waals surface area contributed by atoms with Crippen LogP contribution >= 0.6 is 23.2 Å². The highest BCUT2D eigenvalue weighted by Crippen LogP contribution is 2.28. The molecule has 0 saturated carbocycles. The molecule has 0 N–H and O–H groups in total. The molecule has 1 aromatic rings. The van der Waals surface area contributed by atoms with Crippen molar-refractivity contribution in [2.75, 3.05) is 12.5 Å². The van der Waals surface area contributed by atoms with Gasteiger partial charge in [-0.3, -0.25) is 0 Å². The highest BCUT2D eigenvalue weighted by molar-refractivity contribution is 6.30. The molecule has 0 aromatic heterocycles. The zero-order chi connectivity index (χ0) is 11.6. The first kappa shape index (κ1) is 12.2. The maximum atomic E-state index is 5.83. The summed E-state index contributed by atoms with van der Waals surface area (Å²) in [4.78, 5) is 0. The Kier molecular flexibility index (Phi) is 3.75. The molecule has 16 heavy (non-hydrogen) atoms. The number of hydrogen-bond donors (Lipinski definition) is 0. The van der Waals surface area contributed by atoms with E-state index in [4.69, 9.17) is 32.7 Å². The van der Waals surface area contributed by atoms with Crippen molar-refractivity contribution in [3.63, 3.8) is 0 Å². The Morgan fingerprint density at radius 2 is 2.06 bits per heavy atom. The van der Waals surface area contributed by atoms with Gasteiger partial charge in [0.2, 0.25) is 0 Å². The smallest absolute Gasteiger partial charge is 0.170 e. The SMILES string of the molecule is CC1(Cc2ccc(Cl)cc2)OCC(CCl)O1. The first-order valence-electron chi connectivity index (χ1n) is 5.23. The Hall–Kier alpha value is -0.280. The van der Waals surface area contributed by atoms with Crippen molar-refractivity contribution in [2.24, 2.45) is 0 Å². The summed E-state index contributed by atoms with van der Waals surface area (Å²) >= 11 is 11.6. The monoisotopic (exact) mass is 260 g/mol. The number of halogens is 2. The van der Waals surface area contributed by atoms with Crippen LogP contribution in [0.25, 0.3) is 0 Å². The van der Waals surface area contributed by atoms with Crippen LogP contribution in [0.15, 0.2) is 24.3 Å². The van der Waals surface area contributed by atoms with Gasteiger partial charge < -0.3 is 9.47 Å². The average Bonchev–Trinajstić information content (AvgIpc) is 2.64. The summed E-state index contributed by atoms with van der Waals surface area (Å²) in [5.41, 5.74) is 1.14. The van der Waals surface area contributed by atoms with Crippen LogP contribution in [0.1, 0.15) is 12.5 Å². The minimum Gasteiger partial charge on any atom is -0.347 e. The molecule has 88 valence electrons. The van der Waals surface area contributed by atoms with E-state index in [1.54, 1.807) is 0 Å². The summed E-state index contributed by atoms with van der Waals surface area (Å²) in [5.74, 6) is -0.0937. The molecule has 0 bridgehead atoms. The average molecular weight is 261 g/mol. The van der Waals surface area contributed by atoms with Crippen LogP contribution in [0.5, 0.6) is 0 Å². The van der Waals surface area contributed by atoms with E-state index in [0.717, 1.165) is 10.6 Å². The number of alkyl halides is 1. The Morgan fingerprint density at radius 3 is 2.62 bits per heavy atom. The maximum Gasteiger partial charge on any atom is 0.170 e. The minimum absolute atomic E-state index is 0.000957. The minimum atomic E-state index is -0.562. The predicted octanol–water partition coefficient (Wildman–Crippen LogP) is 3.25. The van der Waals surface area contributed by atoms with Gasteiger partial charge in [-0.05, 0) is 24.6 Å². The lowest BCUT2D eigenvalue weighted by atomic mass is 10.1. The van der Waals surface area contributed by atoms with E-state index in [1.165, 1.54) is 0 Å². The third-order valence-electron chi connectivity index (χ3n) is 2.60. The molecule has 0 radical (unpaired) electrons. The number of rotatable bonds is 3. The first-order chi connectivity index (χ1) is 7.61. The summed E-state index contributed by atoms with van der Waals surface area (Å²) in [6, 6.07) is 7.70. The molecule has 0 amide bonds. The van der Waals surface area contributed by atoms with Crippen LogP contribution in [0.2, 0.25) is 5.02 Å². The first-order valence-corrected chi connectivity index (χ1v) is 6.15. The van der Waals surface area contributed by atoms with Gasteiger partial charge in [0.1, 0.15) is 0 Å². The molecule has 2 nitrogen and oxygen atoms in total. The van der Waals surface area contributed by atoms with Gasteiger partial charge in [-0.2, -0.15) is 0 Å². The number of hydrogen-bond acceptors (Lipinski definition) is 2. The van der Waals surface area contributed by atoms with Crippen molar-refractivity contribution < 1.29 is 9.47 Å². The van der Waals surface area contributed by atoms with Gasteiger partial charge in [-0.15, -0.1) is 11.6 Å². The van der Waals surface area contributed by atoms with E-state index in [2.05, 4.69) is 0 Å². The van der Waals surface area contributed by atoms with Gasteiger partial charge >= 0.3 is 0 Å². The lowest BCUT2D eigenvalue weighted by Gasteiger charge is -2.23. The second-order valence-corrected chi connectivity index (χ2v) is 4.89. The van der Waals surface area contributed by atoms with Crippen LogP contribution in [0, 0.1) is 0 Å². The van der Waals surface area contributed by atoms with E-state index in [0.29, 0.717) is 18.9 Å². The van der Waals surface area contributed by atoms with Crippen molar-refractivity contribution in [3.05, 3.63) is 34.9 Å². The summed E-state index contributed by atoms with van der Waals surface area (Å²) in [7, 11) is 0. The molecule has 0 aliphatic carbocycles. The lowest BCUT2D eigenvalue weighted by molar-refractivity contribution is -0.149. The van der Waals surface area contributed by atoms with Crippen LogP contribution in [-0.4, -0.2) is 24.4 Å².